The average molecular weight is 230 g/mol. The third-order valence-corrected chi connectivity index (χ3v) is 3.47. The predicted octanol–water partition coefficient (Wildman–Crippen LogP) is 3.06. The number of benzene rings is 1. The molecule has 0 saturated carbocycles. The summed E-state index contributed by atoms with van der Waals surface area (Å²) in [6.07, 6.45) is 0. The summed E-state index contributed by atoms with van der Waals surface area (Å²) in [5.74, 6) is 1.12. The number of nitrogens with zero attached hydrogens (tertiary/aromatic N) is 4. The van der Waals surface area contributed by atoms with Crippen molar-refractivity contribution < 1.29 is 0 Å². The van der Waals surface area contributed by atoms with Gasteiger partial charge in [-0.25, -0.2) is 0 Å². The van der Waals surface area contributed by atoms with Gasteiger partial charge in [0.1, 0.15) is 0 Å². The molecule has 0 aliphatic carbocycles. The topological polar surface area (TPSA) is 52.0 Å². The van der Waals surface area contributed by atoms with Gasteiger partial charge in [-0.2, -0.15) is 0 Å². The third-order valence-electron chi connectivity index (χ3n) is 3.47. The molecule has 90 valence electrons. The van der Waals surface area contributed by atoms with E-state index >= 15 is 0 Å². The molecule has 4 nitrogen and oxygen atoms in total. The Morgan fingerprint density at radius 3 is 2.82 bits per heavy atom. The highest BCUT2D eigenvalue weighted by Gasteiger charge is 2.28. The van der Waals surface area contributed by atoms with E-state index in [1.54, 1.807) is 0 Å². The van der Waals surface area contributed by atoms with Gasteiger partial charge >= 0.3 is 0 Å². The predicted molar refractivity (Wildman–Crippen MR) is 68.4 cm³/mol. The van der Waals surface area contributed by atoms with Gasteiger partial charge in [0.05, 0.1) is 0 Å². The summed E-state index contributed by atoms with van der Waals surface area (Å²) < 4.78 is 0. The van der Waals surface area contributed by atoms with E-state index in [2.05, 4.69) is 46.1 Å². The van der Waals surface area contributed by atoms with Gasteiger partial charge in [0.25, 0.3) is 0 Å². The molecule has 2 unspecified atom stereocenters. The minimum atomic E-state index is 0.509. The highest BCUT2D eigenvalue weighted by atomic mass is 15.2. The maximum atomic E-state index is 8.36. The lowest BCUT2D eigenvalue weighted by atomic mass is 9.99. The molecular formula is C13H18N4. The fraction of sp³-hybridized carbons (Fsp3) is 0.538. The summed E-state index contributed by atoms with van der Waals surface area (Å²) in [5.41, 5.74) is 9.71. The number of likely N-dealkylation sites (tertiary alicyclic amines) is 1. The summed E-state index contributed by atoms with van der Waals surface area (Å²) >= 11 is 0. The quantitative estimate of drug-likeness (QED) is 0.445. The first-order chi connectivity index (χ1) is 8.29. The van der Waals surface area contributed by atoms with E-state index in [1.165, 1.54) is 5.56 Å². The van der Waals surface area contributed by atoms with Crippen molar-refractivity contribution in [3.05, 3.63) is 46.3 Å². The molecule has 1 aromatic carbocycles. The Labute approximate surface area is 102 Å². The summed E-state index contributed by atoms with van der Waals surface area (Å²) in [5, 5.41) is 3.70. The van der Waals surface area contributed by atoms with E-state index in [0.717, 1.165) is 19.6 Å². The van der Waals surface area contributed by atoms with Crippen LogP contribution in [0.15, 0.2) is 35.4 Å². The van der Waals surface area contributed by atoms with E-state index < -0.39 is 0 Å². The zero-order valence-electron chi connectivity index (χ0n) is 10.2. The van der Waals surface area contributed by atoms with Gasteiger partial charge in [-0.3, -0.25) is 4.90 Å². The van der Waals surface area contributed by atoms with Crippen molar-refractivity contribution in [3.63, 3.8) is 0 Å². The first-order valence-electron chi connectivity index (χ1n) is 6.06. The van der Waals surface area contributed by atoms with E-state index in [-0.39, 0.29) is 0 Å². The van der Waals surface area contributed by atoms with Crippen molar-refractivity contribution in [2.75, 3.05) is 19.6 Å². The van der Waals surface area contributed by atoms with Gasteiger partial charge in [-0.15, -0.1) is 0 Å². The molecule has 4 heteroatoms. The van der Waals surface area contributed by atoms with Crippen LogP contribution in [-0.4, -0.2) is 24.5 Å². The minimum absolute atomic E-state index is 0.509. The molecule has 1 fully saturated rings. The zero-order valence-corrected chi connectivity index (χ0v) is 10.2. The molecule has 1 heterocycles. The van der Waals surface area contributed by atoms with Gasteiger partial charge in [0.2, 0.25) is 0 Å². The lowest BCUT2D eigenvalue weighted by molar-refractivity contribution is 0.315. The molecule has 0 amide bonds. The van der Waals surface area contributed by atoms with Crippen LogP contribution in [-0.2, 0) is 6.54 Å². The van der Waals surface area contributed by atoms with Crippen molar-refractivity contribution in [1.29, 1.82) is 0 Å². The third kappa shape index (κ3) is 3.22. The molecule has 1 aromatic rings. The molecule has 0 radical (unpaired) electrons. The van der Waals surface area contributed by atoms with E-state index in [0.29, 0.717) is 18.4 Å². The molecule has 1 saturated heterocycles. The molecular weight excluding hydrogens is 212 g/mol. The van der Waals surface area contributed by atoms with Crippen LogP contribution in [0.3, 0.4) is 0 Å². The standard InChI is InChI=1S/C13H18N4/c1-11-8-17(10-13(11)7-15-16-14)9-12-5-3-2-4-6-12/h2-6,11,13H,7-10H2,1H3. The van der Waals surface area contributed by atoms with Crippen molar-refractivity contribution >= 4 is 0 Å². The lowest BCUT2D eigenvalue weighted by Gasteiger charge is -2.15. The number of hydrogen-bond donors (Lipinski definition) is 0. The molecule has 0 bridgehead atoms. The van der Waals surface area contributed by atoms with Crippen LogP contribution >= 0.6 is 0 Å². The number of rotatable bonds is 4. The lowest BCUT2D eigenvalue weighted by Crippen LogP contribution is -2.20. The number of azide groups is 1. The summed E-state index contributed by atoms with van der Waals surface area (Å²) in [7, 11) is 0. The summed E-state index contributed by atoms with van der Waals surface area (Å²) in [6, 6.07) is 10.5. The van der Waals surface area contributed by atoms with Crippen LogP contribution in [0, 0.1) is 11.8 Å². The SMILES string of the molecule is CC1CN(Cc2ccccc2)CC1CN=[N+]=[N-]. The molecule has 17 heavy (non-hydrogen) atoms. The smallest absolute Gasteiger partial charge is 0.0301 e. The molecule has 0 N–H and O–H groups in total. The van der Waals surface area contributed by atoms with Crippen molar-refractivity contribution in [2.24, 2.45) is 17.0 Å². The van der Waals surface area contributed by atoms with Crippen LogP contribution in [0.2, 0.25) is 0 Å². The summed E-state index contributed by atoms with van der Waals surface area (Å²) in [4.78, 5) is 5.29. The van der Waals surface area contributed by atoms with E-state index in [9.17, 15) is 0 Å². The van der Waals surface area contributed by atoms with E-state index in [4.69, 9.17) is 5.53 Å². The maximum Gasteiger partial charge on any atom is 0.0301 e. The fourth-order valence-electron chi connectivity index (χ4n) is 2.49. The zero-order chi connectivity index (χ0) is 12.1. The Hall–Kier alpha value is -1.51. The first kappa shape index (κ1) is 12.0. The van der Waals surface area contributed by atoms with E-state index in [1.807, 2.05) is 6.07 Å². The van der Waals surface area contributed by atoms with Crippen molar-refractivity contribution in [1.82, 2.24) is 4.90 Å². The molecule has 2 atom stereocenters. The molecule has 0 spiro atoms. The van der Waals surface area contributed by atoms with Crippen LogP contribution in [0.25, 0.3) is 10.4 Å². The minimum Gasteiger partial charge on any atom is -0.299 e. The van der Waals surface area contributed by atoms with Gasteiger partial charge in [0, 0.05) is 31.1 Å². The Balaban J connectivity index is 1.90. The Bertz CT molecular complexity index is 397. The second kappa shape index (κ2) is 5.71. The monoisotopic (exact) mass is 230 g/mol. The fourth-order valence-corrected chi connectivity index (χ4v) is 2.49. The van der Waals surface area contributed by atoms with Crippen LogP contribution in [0.5, 0.6) is 0 Å². The molecule has 2 rings (SSSR count). The van der Waals surface area contributed by atoms with Crippen LogP contribution in [0.1, 0.15) is 12.5 Å². The maximum absolute atomic E-state index is 8.36. The first-order valence-corrected chi connectivity index (χ1v) is 6.06. The molecule has 0 aromatic heterocycles. The van der Waals surface area contributed by atoms with Gasteiger partial charge in [-0.1, -0.05) is 42.4 Å². The van der Waals surface area contributed by atoms with Gasteiger partial charge < -0.3 is 0 Å². The summed E-state index contributed by atoms with van der Waals surface area (Å²) in [6.45, 7) is 6.00. The Morgan fingerprint density at radius 2 is 2.12 bits per heavy atom. The van der Waals surface area contributed by atoms with Gasteiger partial charge in [0.15, 0.2) is 0 Å². The average Bonchev–Trinajstić information content (AvgIpc) is 2.68. The van der Waals surface area contributed by atoms with Crippen LogP contribution in [0.4, 0.5) is 0 Å². The largest absolute Gasteiger partial charge is 0.299 e. The highest BCUT2D eigenvalue weighted by Crippen LogP contribution is 2.24. The van der Waals surface area contributed by atoms with Gasteiger partial charge in [-0.05, 0) is 22.9 Å². The van der Waals surface area contributed by atoms with Crippen molar-refractivity contribution in [3.8, 4) is 0 Å². The second-order valence-electron chi connectivity index (χ2n) is 4.83. The molecule has 1 aliphatic rings. The Morgan fingerprint density at radius 1 is 1.35 bits per heavy atom. The number of hydrogen-bond acceptors (Lipinski definition) is 2. The highest BCUT2D eigenvalue weighted by molar-refractivity contribution is 5.14. The normalized spacial score (nSPS) is 24.5. The van der Waals surface area contributed by atoms with Crippen LogP contribution < -0.4 is 0 Å². The second-order valence-corrected chi connectivity index (χ2v) is 4.83. The van der Waals surface area contributed by atoms with Crippen molar-refractivity contribution in [2.45, 2.75) is 13.5 Å². The Kier molecular flexibility index (Phi) is 4.02. The molecule has 1 aliphatic heterocycles.